The topological polar surface area (TPSA) is 45.1 Å². The Kier molecular flexibility index (Phi) is 3.88. The molecule has 98 valence electrons. The second kappa shape index (κ2) is 5.24. The molecule has 2 aromatic rings. The SMILES string of the molecule is CCC(C)(CO)CNc1ccc2nc(C)sc2c1. The number of benzene rings is 1. The number of hydrogen-bond donors (Lipinski definition) is 2. The molecule has 0 radical (unpaired) electrons. The molecule has 1 aromatic heterocycles. The van der Waals surface area contributed by atoms with Gasteiger partial charge in [0.25, 0.3) is 0 Å². The van der Waals surface area contributed by atoms with Crippen LogP contribution in [0, 0.1) is 12.3 Å². The molecule has 1 heterocycles. The van der Waals surface area contributed by atoms with Crippen molar-refractivity contribution < 1.29 is 5.11 Å². The number of aromatic nitrogens is 1. The smallest absolute Gasteiger partial charge is 0.0907 e. The van der Waals surface area contributed by atoms with E-state index in [0.29, 0.717) is 0 Å². The van der Waals surface area contributed by atoms with Crippen molar-refractivity contribution in [1.29, 1.82) is 0 Å². The first-order valence-electron chi connectivity index (χ1n) is 6.28. The van der Waals surface area contributed by atoms with Crippen LogP contribution in [0.15, 0.2) is 18.2 Å². The van der Waals surface area contributed by atoms with Crippen LogP contribution in [0.1, 0.15) is 25.3 Å². The summed E-state index contributed by atoms with van der Waals surface area (Å²) in [5.74, 6) is 0. The largest absolute Gasteiger partial charge is 0.396 e. The lowest BCUT2D eigenvalue weighted by atomic mass is 9.88. The molecule has 0 bridgehead atoms. The third kappa shape index (κ3) is 2.82. The highest BCUT2D eigenvalue weighted by molar-refractivity contribution is 7.18. The van der Waals surface area contributed by atoms with Gasteiger partial charge in [0, 0.05) is 17.6 Å². The van der Waals surface area contributed by atoms with Crippen molar-refractivity contribution >= 4 is 27.2 Å². The zero-order valence-electron chi connectivity index (χ0n) is 11.2. The highest BCUT2D eigenvalue weighted by Gasteiger charge is 2.20. The molecule has 3 nitrogen and oxygen atoms in total. The first-order chi connectivity index (χ1) is 8.56. The Bertz CT molecular complexity index is 532. The van der Waals surface area contributed by atoms with Gasteiger partial charge in [0.05, 0.1) is 21.8 Å². The maximum Gasteiger partial charge on any atom is 0.0907 e. The predicted octanol–water partition coefficient (Wildman–Crippen LogP) is 3.43. The molecule has 2 N–H and O–H groups in total. The number of fused-ring (bicyclic) bond motifs is 1. The molecule has 0 aliphatic carbocycles. The Hall–Kier alpha value is -1.13. The lowest BCUT2D eigenvalue weighted by Gasteiger charge is -2.26. The van der Waals surface area contributed by atoms with E-state index >= 15 is 0 Å². The van der Waals surface area contributed by atoms with Gasteiger partial charge in [-0.05, 0) is 31.5 Å². The van der Waals surface area contributed by atoms with Crippen molar-refractivity contribution in [1.82, 2.24) is 4.98 Å². The van der Waals surface area contributed by atoms with E-state index in [1.807, 2.05) is 13.0 Å². The lowest BCUT2D eigenvalue weighted by molar-refractivity contribution is 0.149. The van der Waals surface area contributed by atoms with Crippen molar-refractivity contribution in [2.45, 2.75) is 27.2 Å². The Morgan fingerprint density at radius 2 is 2.22 bits per heavy atom. The van der Waals surface area contributed by atoms with Gasteiger partial charge in [0.1, 0.15) is 0 Å². The molecular weight excluding hydrogens is 244 g/mol. The average Bonchev–Trinajstić information content (AvgIpc) is 2.75. The monoisotopic (exact) mass is 264 g/mol. The van der Waals surface area contributed by atoms with E-state index in [9.17, 15) is 5.11 Å². The fourth-order valence-electron chi connectivity index (χ4n) is 1.76. The van der Waals surface area contributed by atoms with Crippen LogP contribution in [-0.4, -0.2) is 23.2 Å². The summed E-state index contributed by atoms with van der Waals surface area (Å²) in [6, 6.07) is 6.23. The highest BCUT2D eigenvalue weighted by Crippen LogP contribution is 2.26. The van der Waals surface area contributed by atoms with Crippen LogP contribution in [0.5, 0.6) is 0 Å². The molecule has 0 aliphatic rings. The lowest BCUT2D eigenvalue weighted by Crippen LogP contribution is -2.29. The van der Waals surface area contributed by atoms with E-state index in [4.69, 9.17) is 0 Å². The Balaban J connectivity index is 2.12. The number of hydrogen-bond acceptors (Lipinski definition) is 4. The molecule has 0 fully saturated rings. The average molecular weight is 264 g/mol. The van der Waals surface area contributed by atoms with Crippen LogP contribution >= 0.6 is 11.3 Å². The second-order valence-corrected chi connectivity index (χ2v) is 6.33. The minimum atomic E-state index is -0.0570. The van der Waals surface area contributed by atoms with E-state index in [0.717, 1.165) is 29.2 Å². The van der Waals surface area contributed by atoms with Crippen molar-refractivity contribution in [2.24, 2.45) is 5.41 Å². The molecule has 2 rings (SSSR count). The normalized spacial score (nSPS) is 14.7. The minimum Gasteiger partial charge on any atom is -0.396 e. The fourth-order valence-corrected chi connectivity index (χ4v) is 2.62. The molecule has 1 atom stereocenters. The number of thiazole rings is 1. The van der Waals surface area contributed by atoms with Gasteiger partial charge in [0.15, 0.2) is 0 Å². The molecule has 1 aromatic carbocycles. The third-order valence-corrected chi connectivity index (χ3v) is 4.38. The molecule has 0 saturated carbocycles. The van der Waals surface area contributed by atoms with Gasteiger partial charge in [-0.3, -0.25) is 0 Å². The van der Waals surface area contributed by atoms with Crippen LogP contribution in [0.2, 0.25) is 0 Å². The van der Waals surface area contributed by atoms with E-state index in [-0.39, 0.29) is 12.0 Å². The van der Waals surface area contributed by atoms with Gasteiger partial charge >= 0.3 is 0 Å². The summed E-state index contributed by atoms with van der Waals surface area (Å²) in [5.41, 5.74) is 2.10. The van der Waals surface area contributed by atoms with Crippen LogP contribution in [0.25, 0.3) is 10.2 Å². The Labute approximate surface area is 112 Å². The minimum absolute atomic E-state index is 0.0570. The maximum atomic E-state index is 9.39. The molecule has 1 unspecified atom stereocenters. The van der Waals surface area contributed by atoms with Crippen LogP contribution in [-0.2, 0) is 0 Å². The third-order valence-electron chi connectivity index (χ3n) is 3.45. The van der Waals surface area contributed by atoms with Gasteiger partial charge in [0.2, 0.25) is 0 Å². The Morgan fingerprint density at radius 3 is 2.89 bits per heavy atom. The molecular formula is C14H20N2OS. The molecule has 0 spiro atoms. The summed E-state index contributed by atoms with van der Waals surface area (Å²) in [6.07, 6.45) is 0.957. The number of rotatable bonds is 5. The summed E-state index contributed by atoms with van der Waals surface area (Å²) in [5, 5.41) is 13.9. The van der Waals surface area contributed by atoms with Gasteiger partial charge in [-0.2, -0.15) is 0 Å². The van der Waals surface area contributed by atoms with Gasteiger partial charge in [-0.1, -0.05) is 13.8 Å². The number of nitrogens with zero attached hydrogens (tertiary/aromatic N) is 1. The van der Waals surface area contributed by atoms with Crippen molar-refractivity contribution in [3.8, 4) is 0 Å². The van der Waals surface area contributed by atoms with Crippen LogP contribution in [0.4, 0.5) is 5.69 Å². The number of aliphatic hydroxyl groups is 1. The quantitative estimate of drug-likeness (QED) is 0.869. The van der Waals surface area contributed by atoms with Crippen LogP contribution in [0.3, 0.4) is 0 Å². The zero-order chi connectivity index (χ0) is 13.2. The predicted molar refractivity (Wildman–Crippen MR) is 78.3 cm³/mol. The Morgan fingerprint density at radius 1 is 1.44 bits per heavy atom. The van der Waals surface area contributed by atoms with Crippen molar-refractivity contribution in [3.63, 3.8) is 0 Å². The molecule has 4 heteroatoms. The highest BCUT2D eigenvalue weighted by atomic mass is 32.1. The van der Waals surface area contributed by atoms with Gasteiger partial charge in [-0.15, -0.1) is 11.3 Å². The number of aliphatic hydroxyl groups excluding tert-OH is 1. The standard InChI is InChI=1S/C14H20N2OS/c1-4-14(3,9-17)8-15-11-5-6-12-13(7-11)18-10(2)16-12/h5-7,15,17H,4,8-9H2,1-3H3. The van der Waals surface area contributed by atoms with E-state index in [2.05, 4.69) is 36.3 Å². The van der Waals surface area contributed by atoms with Crippen molar-refractivity contribution in [3.05, 3.63) is 23.2 Å². The van der Waals surface area contributed by atoms with E-state index < -0.39 is 0 Å². The van der Waals surface area contributed by atoms with E-state index in [1.165, 1.54) is 4.70 Å². The molecule has 18 heavy (non-hydrogen) atoms. The van der Waals surface area contributed by atoms with E-state index in [1.54, 1.807) is 11.3 Å². The summed E-state index contributed by atoms with van der Waals surface area (Å²) < 4.78 is 1.21. The summed E-state index contributed by atoms with van der Waals surface area (Å²) in [7, 11) is 0. The summed E-state index contributed by atoms with van der Waals surface area (Å²) in [6.45, 7) is 7.21. The molecule has 0 saturated heterocycles. The van der Waals surface area contributed by atoms with Gasteiger partial charge in [-0.25, -0.2) is 4.98 Å². The number of nitrogens with one attached hydrogen (secondary N) is 1. The summed E-state index contributed by atoms with van der Waals surface area (Å²) >= 11 is 1.71. The van der Waals surface area contributed by atoms with Crippen LogP contribution < -0.4 is 5.32 Å². The first kappa shape index (κ1) is 13.3. The molecule has 0 aliphatic heterocycles. The summed E-state index contributed by atoms with van der Waals surface area (Å²) in [4.78, 5) is 4.45. The second-order valence-electron chi connectivity index (χ2n) is 5.09. The van der Waals surface area contributed by atoms with Crippen molar-refractivity contribution in [2.75, 3.05) is 18.5 Å². The maximum absolute atomic E-state index is 9.39. The molecule has 0 amide bonds. The first-order valence-corrected chi connectivity index (χ1v) is 7.10. The zero-order valence-corrected chi connectivity index (χ0v) is 12.0. The fraction of sp³-hybridized carbons (Fsp3) is 0.500. The number of anilines is 1. The van der Waals surface area contributed by atoms with Gasteiger partial charge < -0.3 is 10.4 Å². The number of aryl methyl sites for hydroxylation is 1.